The number of carbonyl (C=O) groups is 1. The molecule has 0 fully saturated rings. The summed E-state index contributed by atoms with van der Waals surface area (Å²) in [4.78, 5) is 18.8. The monoisotopic (exact) mass is 349 g/mol. The zero-order valence-electron chi connectivity index (χ0n) is 13.6. The van der Waals surface area contributed by atoms with Gasteiger partial charge in [0.25, 0.3) is 0 Å². The summed E-state index contributed by atoms with van der Waals surface area (Å²) in [6, 6.07) is 6.25. The lowest BCUT2D eigenvalue weighted by atomic mass is 10.1. The minimum absolute atomic E-state index is 0.197. The molecule has 8 heteroatoms. The fourth-order valence-corrected chi connectivity index (χ4v) is 2.22. The molecule has 130 valence electrons. The smallest absolute Gasteiger partial charge is 0.335 e. The van der Waals surface area contributed by atoms with Crippen LogP contribution in [0.4, 0.5) is 0 Å². The van der Waals surface area contributed by atoms with Gasteiger partial charge >= 0.3 is 5.97 Å². The van der Waals surface area contributed by atoms with Crippen molar-refractivity contribution in [1.29, 1.82) is 0 Å². The molecule has 1 heterocycles. The van der Waals surface area contributed by atoms with Crippen molar-refractivity contribution in [3.05, 3.63) is 65.7 Å². The Balaban J connectivity index is 1.81. The number of aromatic nitrogens is 2. The van der Waals surface area contributed by atoms with E-state index in [1.54, 1.807) is 12.1 Å². The first-order valence-corrected chi connectivity index (χ1v) is 7.68. The molecular weight excluding hydrogens is 334 g/mol. The van der Waals surface area contributed by atoms with E-state index >= 15 is 0 Å². The standard InChI is InChI=1S/C18H15N5O3/c19-10-20-11-21-15-3-1-2-12(8-9-15)16-22-23-17(26-16)13-4-6-14(7-5-13)18(24)25/h1,3-11H,2H2,(H,24,25)(H2,19,20,21). The van der Waals surface area contributed by atoms with Gasteiger partial charge in [-0.1, -0.05) is 12.2 Å². The van der Waals surface area contributed by atoms with Crippen molar-refractivity contribution in [2.24, 2.45) is 15.7 Å². The summed E-state index contributed by atoms with van der Waals surface area (Å²) in [7, 11) is 0. The lowest BCUT2D eigenvalue weighted by molar-refractivity contribution is 0.0697. The molecule has 3 rings (SSSR count). The summed E-state index contributed by atoms with van der Waals surface area (Å²) in [5, 5.41) is 17.0. The van der Waals surface area contributed by atoms with Gasteiger partial charge in [-0.3, -0.25) is 0 Å². The Morgan fingerprint density at radius 3 is 2.69 bits per heavy atom. The fourth-order valence-electron chi connectivity index (χ4n) is 2.22. The van der Waals surface area contributed by atoms with Gasteiger partial charge in [0, 0.05) is 11.1 Å². The van der Waals surface area contributed by atoms with Crippen LogP contribution in [0.3, 0.4) is 0 Å². The van der Waals surface area contributed by atoms with Crippen LogP contribution in [0.15, 0.2) is 68.7 Å². The first kappa shape index (κ1) is 17.0. The highest BCUT2D eigenvalue weighted by Crippen LogP contribution is 2.25. The molecule has 1 aliphatic rings. The quantitative estimate of drug-likeness (QED) is 0.631. The number of carboxylic acids is 1. The largest absolute Gasteiger partial charge is 0.478 e. The van der Waals surface area contributed by atoms with Crippen molar-refractivity contribution in [3.8, 4) is 11.5 Å². The SMILES string of the molecule is NC=NC=NC1=CC=C(c2nnc(-c3ccc(C(=O)O)cc3)o2)CC=C1. The molecule has 0 saturated heterocycles. The molecule has 1 aromatic heterocycles. The van der Waals surface area contributed by atoms with Crippen LogP contribution < -0.4 is 5.73 Å². The Kier molecular flexibility index (Phi) is 5.14. The molecule has 0 bridgehead atoms. The molecule has 3 N–H and O–H groups in total. The van der Waals surface area contributed by atoms with Gasteiger partial charge in [-0.25, -0.2) is 14.8 Å². The van der Waals surface area contributed by atoms with Gasteiger partial charge in [-0.2, -0.15) is 0 Å². The van der Waals surface area contributed by atoms with E-state index in [1.807, 2.05) is 24.3 Å². The molecule has 0 saturated carbocycles. The molecule has 26 heavy (non-hydrogen) atoms. The average molecular weight is 349 g/mol. The van der Waals surface area contributed by atoms with Crippen molar-refractivity contribution in [2.45, 2.75) is 6.42 Å². The number of hydrogen-bond donors (Lipinski definition) is 2. The van der Waals surface area contributed by atoms with Crippen LogP contribution in [0, 0.1) is 0 Å². The number of benzene rings is 1. The maximum atomic E-state index is 10.9. The highest BCUT2D eigenvalue weighted by atomic mass is 16.4. The minimum Gasteiger partial charge on any atom is -0.478 e. The summed E-state index contributed by atoms with van der Waals surface area (Å²) in [6.45, 7) is 0. The number of aromatic carboxylic acids is 1. The summed E-state index contributed by atoms with van der Waals surface area (Å²) in [5.74, 6) is -0.264. The van der Waals surface area contributed by atoms with Crippen LogP contribution in [-0.2, 0) is 0 Å². The third-order valence-corrected chi connectivity index (χ3v) is 3.52. The number of nitrogens with zero attached hydrogens (tertiary/aromatic N) is 4. The lowest BCUT2D eigenvalue weighted by Gasteiger charge is -1.97. The number of allylic oxidation sites excluding steroid dienone is 5. The van der Waals surface area contributed by atoms with E-state index in [4.69, 9.17) is 15.3 Å². The predicted octanol–water partition coefficient (Wildman–Crippen LogP) is 2.68. The Morgan fingerprint density at radius 2 is 1.96 bits per heavy atom. The van der Waals surface area contributed by atoms with E-state index in [2.05, 4.69) is 20.2 Å². The number of nitrogens with two attached hydrogens (primary N) is 1. The molecule has 0 atom stereocenters. The van der Waals surface area contributed by atoms with Gasteiger partial charge in [-0.15, -0.1) is 10.2 Å². The van der Waals surface area contributed by atoms with Crippen LogP contribution in [0.2, 0.25) is 0 Å². The normalized spacial score (nSPS) is 14.5. The van der Waals surface area contributed by atoms with Gasteiger partial charge in [0.05, 0.1) is 17.6 Å². The molecule has 2 aromatic rings. The third kappa shape index (κ3) is 3.99. The predicted molar refractivity (Wildman–Crippen MR) is 97.7 cm³/mol. The van der Waals surface area contributed by atoms with Crippen LogP contribution in [0.25, 0.3) is 17.0 Å². The van der Waals surface area contributed by atoms with Crippen LogP contribution in [0.5, 0.6) is 0 Å². The second-order valence-corrected chi connectivity index (χ2v) is 5.23. The van der Waals surface area contributed by atoms with Crippen molar-refractivity contribution in [2.75, 3.05) is 0 Å². The highest BCUT2D eigenvalue weighted by molar-refractivity contribution is 5.88. The maximum Gasteiger partial charge on any atom is 0.335 e. The number of carboxylic acid groups (broad SMARTS) is 1. The van der Waals surface area contributed by atoms with Crippen molar-refractivity contribution >= 4 is 24.2 Å². The van der Waals surface area contributed by atoms with Gasteiger partial charge < -0.3 is 15.3 Å². The Labute approximate surface area is 148 Å². The second-order valence-electron chi connectivity index (χ2n) is 5.23. The van der Waals surface area contributed by atoms with E-state index < -0.39 is 5.97 Å². The Bertz CT molecular complexity index is 949. The number of hydrogen-bond acceptors (Lipinski definition) is 5. The van der Waals surface area contributed by atoms with Gasteiger partial charge in [0.2, 0.25) is 11.8 Å². The van der Waals surface area contributed by atoms with Gasteiger partial charge in [-0.05, 0) is 42.8 Å². The third-order valence-electron chi connectivity index (χ3n) is 3.52. The first-order chi connectivity index (χ1) is 12.7. The molecule has 8 nitrogen and oxygen atoms in total. The average Bonchev–Trinajstić information content (AvgIpc) is 3.02. The fraction of sp³-hybridized carbons (Fsp3) is 0.0556. The van der Waals surface area contributed by atoms with Crippen LogP contribution in [0.1, 0.15) is 22.7 Å². The lowest BCUT2D eigenvalue weighted by Crippen LogP contribution is -1.94. The van der Waals surface area contributed by atoms with Crippen molar-refractivity contribution in [1.82, 2.24) is 10.2 Å². The van der Waals surface area contributed by atoms with E-state index in [-0.39, 0.29) is 5.56 Å². The van der Waals surface area contributed by atoms with Crippen LogP contribution in [-0.4, -0.2) is 34.0 Å². The van der Waals surface area contributed by atoms with E-state index in [9.17, 15) is 4.79 Å². The molecule has 0 unspecified atom stereocenters. The summed E-state index contributed by atoms with van der Waals surface area (Å²) in [5.41, 5.74) is 7.57. The molecule has 0 spiro atoms. The molecular formula is C18H15N5O3. The van der Waals surface area contributed by atoms with Gasteiger partial charge in [0.15, 0.2) is 0 Å². The van der Waals surface area contributed by atoms with E-state index in [0.717, 1.165) is 17.6 Å². The number of rotatable bonds is 5. The van der Waals surface area contributed by atoms with Crippen molar-refractivity contribution in [3.63, 3.8) is 0 Å². The topological polar surface area (TPSA) is 127 Å². The number of aliphatic imine (C=N–C) groups is 2. The Morgan fingerprint density at radius 1 is 1.19 bits per heavy atom. The maximum absolute atomic E-state index is 10.9. The Hall–Kier alpha value is -3.81. The molecule has 1 aliphatic carbocycles. The summed E-state index contributed by atoms with van der Waals surface area (Å²) >= 11 is 0. The summed E-state index contributed by atoms with van der Waals surface area (Å²) in [6.07, 6.45) is 10.6. The first-order valence-electron chi connectivity index (χ1n) is 7.68. The zero-order valence-corrected chi connectivity index (χ0v) is 13.6. The zero-order chi connectivity index (χ0) is 18.4. The summed E-state index contributed by atoms with van der Waals surface area (Å²) < 4.78 is 5.72. The molecule has 0 radical (unpaired) electrons. The van der Waals surface area contributed by atoms with E-state index in [0.29, 0.717) is 23.8 Å². The van der Waals surface area contributed by atoms with E-state index in [1.165, 1.54) is 18.5 Å². The van der Waals surface area contributed by atoms with Crippen LogP contribution >= 0.6 is 0 Å². The molecule has 0 aliphatic heterocycles. The molecule has 0 amide bonds. The molecule has 1 aromatic carbocycles. The second kappa shape index (κ2) is 7.84. The minimum atomic E-state index is -0.986. The van der Waals surface area contributed by atoms with Gasteiger partial charge in [0.1, 0.15) is 6.34 Å². The highest BCUT2D eigenvalue weighted by Gasteiger charge is 2.13. The van der Waals surface area contributed by atoms with Crippen molar-refractivity contribution < 1.29 is 14.3 Å².